The van der Waals surface area contributed by atoms with Gasteiger partial charge in [0.1, 0.15) is 11.6 Å². The van der Waals surface area contributed by atoms with Gasteiger partial charge in [0, 0.05) is 0 Å². The average Bonchev–Trinajstić information content (AvgIpc) is 2.77. The third-order valence-electron chi connectivity index (χ3n) is 5.09. The number of benzene rings is 3. The van der Waals surface area contributed by atoms with Crippen LogP contribution in [0.5, 0.6) is 5.75 Å². The van der Waals surface area contributed by atoms with Crippen molar-refractivity contribution < 1.29 is 22.3 Å². The Morgan fingerprint density at radius 3 is 2.18 bits per heavy atom. The summed E-state index contributed by atoms with van der Waals surface area (Å²) in [5, 5.41) is 2.79. The maximum Gasteiger partial charge on any atom is 0.258 e. The number of nitrogens with one attached hydrogen (secondary N) is 1. The Labute approximate surface area is 194 Å². The quantitative estimate of drug-likeness (QED) is 0.504. The summed E-state index contributed by atoms with van der Waals surface area (Å²) in [5.41, 5.74) is 3.25. The van der Waals surface area contributed by atoms with Crippen LogP contribution in [-0.4, -0.2) is 27.2 Å². The van der Waals surface area contributed by atoms with Gasteiger partial charge in [-0.1, -0.05) is 42.0 Å². The summed E-state index contributed by atoms with van der Waals surface area (Å²) < 4.78 is 44.6. The van der Waals surface area contributed by atoms with Crippen molar-refractivity contribution in [1.82, 2.24) is 5.32 Å². The number of nitrogens with zero attached hydrogens (tertiary/aromatic N) is 1. The van der Waals surface area contributed by atoms with Crippen LogP contribution in [0.25, 0.3) is 0 Å². The van der Waals surface area contributed by atoms with E-state index in [0.717, 1.165) is 22.9 Å². The number of ether oxygens (including phenoxy) is 1. The number of halogens is 1. The lowest BCUT2D eigenvalue weighted by molar-refractivity contribution is -0.123. The van der Waals surface area contributed by atoms with Gasteiger partial charge in [0.05, 0.1) is 24.5 Å². The molecule has 0 unspecified atom stereocenters. The van der Waals surface area contributed by atoms with Crippen molar-refractivity contribution in [2.75, 3.05) is 17.2 Å². The molecule has 0 aliphatic rings. The van der Waals surface area contributed by atoms with Gasteiger partial charge >= 0.3 is 0 Å². The van der Waals surface area contributed by atoms with Gasteiger partial charge in [-0.25, -0.2) is 12.8 Å². The predicted octanol–water partition coefficient (Wildman–Crippen LogP) is 4.36. The molecule has 1 amide bonds. The molecule has 8 heteroatoms. The molecular formula is C25H27FN2O4S. The first-order valence-electron chi connectivity index (χ1n) is 10.4. The molecule has 0 saturated heterocycles. The third kappa shape index (κ3) is 7.05. The van der Waals surface area contributed by atoms with Gasteiger partial charge in [0.2, 0.25) is 10.0 Å². The van der Waals surface area contributed by atoms with Crippen molar-refractivity contribution in [2.24, 2.45) is 0 Å². The van der Waals surface area contributed by atoms with Crippen molar-refractivity contribution in [3.63, 3.8) is 0 Å². The highest BCUT2D eigenvalue weighted by atomic mass is 32.2. The molecule has 0 heterocycles. The molecule has 1 atom stereocenters. The van der Waals surface area contributed by atoms with Crippen molar-refractivity contribution >= 4 is 21.6 Å². The summed E-state index contributed by atoms with van der Waals surface area (Å²) in [4.78, 5) is 12.2. The van der Waals surface area contributed by atoms with Gasteiger partial charge in [0.15, 0.2) is 6.61 Å². The van der Waals surface area contributed by atoms with Crippen molar-refractivity contribution in [3.8, 4) is 5.75 Å². The maximum absolute atomic E-state index is 13.0. The van der Waals surface area contributed by atoms with E-state index in [1.807, 2.05) is 31.2 Å². The fraction of sp³-hybridized carbons (Fsp3) is 0.240. The van der Waals surface area contributed by atoms with E-state index in [9.17, 15) is 17.6 Å². The van der Waals surface area contributed by atoms with Gasteiger partial charge in [-0.3, -0.25) is 9.10 Å². The fourth-order valence-corrected chi connectivity index (χ4v) is 4.12. The number of aryl methyl sites for hydroxylation is 1. The molecule has 6 nitrogen and oxygen atoms in total. The SMILES string of the molecule is Cc1ccc(CN(c2ccc(OCC(=O)N[C@@H](C)c3ccc(F)cc3)cc2)S(C)(=O)=O)cc1. The largest absolute Gasteiger partial charge is 0.484 e. The van der Waals surface area contributed by atoms with E-state index in [4.69, 9.17) is 4.74 Å². The van der Waals surface area contributed by atoms with Gasteiger partial charge in [-0.05, 0) is 61.4 Å². The van der Waals surface area contributed by atoms with Crippen molar-refractivity contribution in [2.45, 2.75) is 26.4 Å². The molecule has 0 aromatic heterocycles. The Morgan fingerprint density at radius 1 is 1.00 bits per heavy atom. The van der Waals surface area contributed by atoms with E-state index in [1.54, 1.807) is 43.3 Å². The molecule has 0 bridgehead atoms. The number of sulfonamides is 1. The number of amides is 1. The van der Waals surface area contributed by atoms with E-state index in [2.05, 4.69) is 5.32 Å². The molecule has 0 radical (unpaired) electrons. The van der Waals surface area contributed by atoms with Crippen LogP contribution in [0.3, 0.4) is 0 Å². The third-order valence-corrected chi connectivity index (χ3v) is 6.23. The fourth-order valence-electron chi connectivity index (χ4n) is 3.23. The van der Waals surface area contributed by atoms with Crippen LogP contribution >= 0.6 is 0 Å². The molecule has 3 aromatic rings. The maximum atomic E-state index is 13.0. The Morgan fingerprint density at radius 2 is 1.61 bits per heavy atom. The zero-order chi connectivity index (χ0) is 24.0. The topological polar surface area (TPSA) is 75.7 Å². The van der Waals surface area contributed by atoms with E-state index < -0.39 is 10.0 Å². The van der Waals surface area contributed by atoms with Gasteiger partial charge in [-0.15, -0.1) is 0 Å². The van der Waals surface area contributed by atoms with E-state index in [-0.39, 0.29) is 30.9 Å². The lowest BCUT2D eigenvalue weighted by Gasteiger charge is -2.23. The van der Waals surface area contributed by atoms with Crippen LogP contribution in [-0.2, 0) is 21.4 Å². The molecule has 0 aliphatic heterocycles. The normalized spacial score (nSPS) is 12.1. The van der Waals surface area contributed by atoms with Gasteiger partial charge in [-0.2, -0.15) is 0 Å². The van der Waals surface area contributed by atoms with Crippen LogP contribution < -0.4 is 14.4 Å². The lowest BCUT2D eigenvalue weighted by Crippen LogP contribution is -2.31. The van der Waals surface area contributed by atoms with E-state index >= 15 is 0 Å². The molecule has 174 valence electrons. The summed E-state index contributed by atoms with van der Waals surface area (Å²) in [7, 11) is -3.50. The number of hydrogen-bond acceptors (Lipinski definition) is 4. The summed E-state index contributed by atoms with van der Waals surface area (Å²) in [6.07, 6.45) is 1.16. The Kier molecular flexibility index (Phi) is 7.71. The molecule has 0 spiro atoms. The highest BCUT2D eigenvalue weighted by Crippen LogP contribution is 2.24. The van der Waals surface area contributed by atoms with E-state index in [0.29, 0.717) is 11.4 Å². The van der Waals surface area contributed by atoms with Gasteiger partial charge in [0.25, 0.3) is 5.91 Å². The van der Waals surface area contributed by atoms with Crippen LogP contribution in [0.15, 0.2) is 72.8 Å². The van der Waals surface area contributed by atoms with Crippen molar-refractivity contribution in [1.29, 1.82) is 0 Å². The number of rotatable bonds is 9. The first-order valence-corrected chi connectivity index (χ1v) is 12.3. The molecular weight excluding hydrogens is 443 g/mol. The molecule has 33 heavy (non-hydrogen) atoms. The molecule has 3 rings (SSSR count). The highest BCUT2D eigenvalue weighted by molar-refractivity contribution is 7.92. The molecule has 0 saturated carbocycles. The van der Waals surface area contributed by atoms with Gasteiger partial charge < -0.3 is 10.1 Å². The van der Waals surface area contributed by atoms with Crippen LogP contribution in [0, 0.1) is 12.7 Å². The zero-order valence-corrected chi connectivity index (χ0v) is 19.6. The monoisotopic (exact) mass is 470 g/mol. The zero-order valence-electron chi connectivity index (χ0n) is 18.8. The first kappa shape index (κ1) is 24.3. The average molecular weight is 471 g/mol. The standard InChI is InChI=1S/C25H27FN2O4S/c1-18-4-6-20(7-5-18)16-28(33(3,30)31)23-12-14-24(15-13-23)32-17-25(29)27-19(2)21-8-10-22(26)11-9-21/h4-15,19H,16-17H2,1-3H3,(H,27,29)/t19-/m0/s1. The summed E-state index contributed by atoms with van der Waals surface area (Å²) in [6, 6.07) is 19.8. The predicted molar refractivity (Wildman–Crippen MR) is 127 cm³/mol. The molecule has 0 aliphatic carbocycles. The lowest BCUT2D eigenvalue weighted by atomic mass is 10.1. The number of hydrogen-bond donors (Lipinski definition) is 1. The summed E-state index contributed by atoms with van der Waals surface area (Å²) in [5.74, 6) is -0.225. The molecule has 0 fully saturated rings. The second kappa shape index (κ2) is 10.5. The van der Waals surface area contributed by atoms with E-state index in [1.165, 1.54) is 16.4 Å². The minimum atomic E-state index is -3.50. The van der Waals surface area contributed by atoms with Crippen LogP contribution in [0.4, 0.5) is 10.1 Å². The van der Waals surface area contributed by atoms with Crippen molar-refractivity contribution in [3.05, 3.63) is 95.3 Å². The smallest absolute Gasteiger partial charge is 0.258 e. The Bertz CT molecular complexity index is 1180. The highest BCUT2D eigenvalue weighted by Gasteiger charge is 2.18. The molecule has 3 aromatic carbocycles. The minimum absolute atomic E-state index is 0.204. The van der Waals surface area contributed by atoms with Crippen LogP contribution in [0.2, 0.25) is 0 Å². The number of carbonyl (C=O) groups is 1. The number of carbonyl (C=O) groups excluding carboxylic acids is 1. The summed E-state index contributed by atoms with van der Waals surface area (Å²) >= 11 is 0. The molecule has 1 N–H and O–H groups in total. The minimum Gasteiger partial charge on any atom is -0.484 e. The summed E-state index contributed by atoms with van der Waals surface area (Å²) in [6.45, 7) is 3.78. The number of anilines is 1. The second-order valence-corrected chi connectivity index (χ2v) is 9.79. The second-order valence-electron chi connectivity index (χ2n) is 7.88. The Balaban J connectivity index is 1.60. The van der Waals surface area contributed by atoms with Crippen LogP contribution in [0.1, 0.15) is 29.7 Å². The Hall–Kier alpha value is -3.39. The first-order chi connectivity index (χ1) is 15.6.